The first-order chi connectivity index (χ1) is 15.9. The molecule has 0 unspecified atom stereocenters. The van der Waals surface area contributed by atoms with Gasteiger partial charge in [0, 0.05) is 30.3 Å². The molecule has 1 aromatic heterocycles. The van der Waals surface area contributed by atoms with Crippen molar-refractivity contribution in [2.75, 3.05) is 40.4 Å². The van der Waals surface area contributed by atoms with Crippen molar-refractivity contribution in [1.82, 2.24) is 4.98 Å². The first kappa shape index (κ1) is 23.8. The quantitative estimate of drug-likeness (QED) is 0.490. The van der Waals surface area contributed by atoms with Gasteiger partial charge in [0.2, 0.25) is 5.75 Å². The first-order valence-corrected chi connectivity index (χ1v) is 10.1. The van der Waals surface area contributed by atoms with E-state index < -0.39 is 18.5 Å². The van der Waals surface area contributed by atoms with E-state index in [2.05, 4.69) is 10.3 Å². The van der Waals surface area contributed by atoms with Crippen molar-refractivity contribution in [2.45, 2.75) is 13.5 Å². The predicted octanol–water partition coefficient (Wildman–Crippen LogP) is 3.51. The number of rotatable bonds is 9. The molecule has 2 aromatic carbocycles. The molecule has 0 aliphatic carbocycles. The summed E-state index contributed by atoms with van der Waals surface area (Å²) in [6, 6.07) is 10.6. The molecule has 1 amide bonds. The topological polar surface area (TPSA) is 105 Å². The molecule has 9 heteroatoms. The molecule has 0 spiro atoms. The summed E-state index contributed by atoms with van der Waals surface area (Å²) in [6.07, 6.45) is 0. The van der Waals surface area contributed by atoms with Crippen LogP contribution in [0.4, 0.5) is 5.69 Å². The maximum absolute atomic E-state index is 12.9. The molecule has 0 atom stereocenters. The predicted molar refractivity (Wildman–Crippen MR) is 122 cm³/mol. The second-order valence-electron chi connectivity index (χ2n) is 7.05. The molecular formula is C24H26N2O7. The zero-order valence-corrected chi connectivity index (χ0v) is 19.2. The number of ether oxygens (including phenoxy) is 5. The van der Waals surface area contributed by atoms with Gasteiger partial charge >= 0.3 is 5.97 Å². The van der Waals surface area contributed by atoms with Crippen LogP contribution >= 0.6 is 0 Å². The Morgan fingerprint density at radius 2 is 1.64 bits per heavy atom. The number of nitrogens with one attached hydrogen (secondary N) is 1. The highest BCUT2D eigenvalue weighted by molar-refractivity contribution is 6.00. The molecule has 0 saturated carbocycles. The van der Waals surface area contributed by atoms with Crippen LogP contribution in [0.25, 0.3) is 10.9 Å². The Kier molecular flexibility index (Phi) is 7.68. The van der Waals surface area contributed by atoms with Crippen LogP contribution in [0.2, 0.25) is 0 Å². The third-order valence-corrected chi connectivity index (χ3v) is 5.00. The zero-order valence-electron chi connectivity index (χ0n) is 19.2. The van der Waals surface area contributed by atoms with Crippen molar-refractivity contribution in [2.24, 2.45) is 0 Å². The summed E-state index contributed by atoms with van der Waals surface area (Å²) < 4.78 is 26.3. The van der Waals surface area contributed by atoms with E-state index in [9.17, 15) is 9.59 Å². The molecule has 0 saturated heterocycles. The molecular weight excluding hydrogens is 428 g/mol. The number of nitrogens with zero attached hydrogens (tertiary/aromatic N) is 1. The lowest BCUT2D eigenvalue weighted by molar-refractivity contribution is -0.119. The van der Waals surface area contributed by atoms with Gasteiger partial charge in [-0.2, -0.15) is 0 Å². The molecule has 0 aliphatic rings. The van der Waals surface area contributed by atoms with Gasteiger partial charge in [0.15, 0.2) is 18.1 Å². The maximum atomic E-state index is 12.9. The summed E-state index contributed by atoms with van der Waals surface area (Å²) in [5.41, 5.74) is 2.59. The van der Waals surface area contributed by atoms with Crippen molar-refractivity contribution >= 4 is 28.5 Å². The molecule has 0 fully saturated rings. The molecule has 0 radical (unpaired) electrons. The number of benzene rings is 2. The highest BCUT2D eigenvalue weighted by Gasteiger charge is 2.21. The Morgan fingerprint density at radius 1 is 0.970 bits per heavy atom. The Bertz CT molecular complexity index is 1150. The normalized spacial score (nSPS) is 10.6. The molecule has 1 heterocycles. The average molecular weight is 454 g/mol. The van der Waals surface area contributed by atoms with Gasteiger partial charge in [-0.25, -0.2) is 9.78 Å². The van der Waals surface area contributed by atoms with Crippen LogP contribution < -0.4 is 19.5 Å². The van der Waals surface area contributed by atoms with Gasteiger partial charge in [0.1, 0.15) is 0 Å². The standard InChI is InChI=1S/C24H26N2O7/c1-14-16-8-6-7-9-17(16)26-18(12-29-2)22(14)24(28)33-13-21(27)25-15-10-19(30-3)23(32-5)20(11-15)31-4/h6-11H,12-13H2,1-5H3,(H,25,27). The summed E-state index contributed by atoms with van der Waals surface area (Å²) in [7, 11) is 5.95. The van der Waals surface area contributed by atoms with Crippen molar-refractivity contribution in [3.8, 4) is 17.2 Å². The third kappa shape index (κ3) is 5.15. The number of anilines is 1. The fourth-order valence-electron chi connectivity index (χ4n) is 3.51. The Labute approximate surface area is 191 Å². The number of aryl methyl sites for hydroxylation is 1. The molecule has 0 bridgehead atoms. The van der Waals surface area contributed by atoms with Crippen LogP contribution in [-0.2, 0) is 20.9 Å². The minimum Gasteiger partial charge on any atom is -0.493 e. The highest BCUT2D eigenvalue weighted by Crippen LogP contribution is 2.39. The van der Waals surface area contributed by atoms with Gasteiger partial charge in [-0.1, -0.05) is 18.2 Å². The van der Waals surface area contributed by atoms with E-state index in [-0.39, 0.29) is 12.2 Å². The molecule has 0 aliphatic heterocycles. The van der Waals surface area contributed by atoms with E-state index in [1.54, 1.807) is 12.1 Å². The first-order valence-electron chi connectivity index (χ1n) is 10.1. The van der Waals surface area contributed by atoms with Gasteiger partial charge in [0.25, 0.3) is 5.91 Å². The van der Waals surface area contributed by atoms with E-state index in [4.69, 9.17) is 23.7 Å². The van der Waals surface area contributed by atoms with Gasteiger partial charge in [-0.3, -0.25) is 4.79 Å². The molecule has 3 rings (SSSR count). The number of esters is 1. The van der Waals surface area contributed by atoms with Gasteiger partial charge in [-0.15, -0.1) is 0 Å². The molecule has 9 nitrogen and oxygen atoms in total. The second kappa shape index (κ2) is 10.6. The fraction of sp³-hybridized carbons (Fsp3) is 0.292. The summed E-state index contributed by atoms with van der Waals surface area (Å²) >= 11 is 0. The van der Waals surface area contributed by atoms with Gasteiger partial charge in [-0.05, 0) is 18.6 Å². The summed E-state index contributed by atoms with van der Waals surface area (Å²) in [5, 5.41) is 3.49. The zero-order chi connectivity index (χ0) is 24.0. The number of hydrogen-bond donors (Lipinski definition) is 1. The summed E-state index contributed by atoms with van der Waals surface area (Å²) in [5.74, 6) is -0.0260. The van der Waals surface area contributed by atoms with Crippen LogP contribution in [0.1, 0.15) is 21.6 Å². The van der Waals surface area contributed by atoms with E-state index in [1.807, 2.05) is 31.2 Å². The number of aromatic nitrogens is 1. The van der Waals surface area contributed by atoms with Crippen molar-refractivity contribution in [3.63, 3.8) is 0 Å². The molecule has 33 heavy (non-hydrogen) atoms. The number of fused-ring (bicyclic) bond motifs is 1. The van der Waals surface area contributed by atoms with Gasteiger partial charge in [0.05, 0.1) is 44.7 Å². The van der Waals surface area contributed by atoms with Crippen molar-refractivity contribution < 1.29 is 33.3 Å². The summed E-state index contributed by atoms with van der Waals surface area (Å²) in [4.78, 5) is 29.9. The van der Waals surface area contributed by atoms with Crippen LogP contribution in [0.3, 0.4) is 0 Å². The Balaban J connectivity index is 1.77. The minimum absolute atomic E-state index is 0.133. The number of carbonyl (C=O) groups excluding carboxylic acids is 2. The average Bonchev–Trinajstić information content (AvgIpc) is 2.82. The Hall–Kier alpha value is -3.85. The third-order valence-electron chi connectivity index (χ3n) is 5.00. The number of carbonyl (C=O) groups is 2. The minimum atomic E-state index is -0.655. The Morgan fingerprint density at radius 3 is 2.24 bits per heavy atom. The molecule has 174 valence electrons. The monoisotopic (exact) mass is 454 g/mol. The van der Waals surface area contributed by atoms with Crippen LogP contribution in [0.15, 0.2) is 36.4 Å². The largest absolute Gasteiger partial charge is 0.493 e. The number of methoxy groups -OCH3 is 4. The highest BCUT2D eigenvalue weighted by atomic mass is 16.5. The SMILES string of the molecule is COCc1nc2ccccc2c(C)c1C(=O)OCC(=O)Nc1cc(OC)c(OC)c(OC)c1. The fourth-order valence-corrected chi connectivity index (χ4v) is 3.51. The van der Waals surface area contributed by atoms with Gasteiger partial charge < -0.3 is 29.0 Å². The van der Waals surface area contributed by atoms with Crippen molar-refractivity contribution in [3.05, 3.63) is 53.2 Å². The number of hydrogen-bond acceptors (Lipinski definition) is 8. The number of pyridine rings is 1. The van der Waals surface area contributed by atoms with Crippen molar-refractivity contribution in [1.29, 1.82) is 0 Å². The van der Waals surface area contributed by atoms with E-state index in [1.165, 1.54) is 28.4 Å². The van der Waals surface area contributed by atoms with Crippen LogP contribution in [-0.4, -0.2) is 51.9 Å². The number of amides is 1. The molecule has 1 N–H and O–H groups in total. The molecule has 3 aromatic rings. The smallest absolute Gasteiger partial charge is 0.340 e. The van der Waals surface area contributed by atoms with E-state index >= 15 is 0 Å². The second-order valence-corrected chi connectivity index (χ2v) is 7.05. The maximum Gasteiger partial charge on any atom is 0.340 e. The van der Waals surface area contributed by atoms with Crippen LogP contribution in [0, 0.1) is 6.92 Å². The summed E-state index contributed by atoms with van der Waals surface area (Å²) in [6.45, 7) is 1.46. The van der Waals surface area contributed by atoms with E-state index in [0.29, 0.717) is 34.2 Å². The number of para-hydroxylation sites is 1. The lowest BCUT2D eigenvalue weighted by atomic mass is 10.0. The lowest BCUT2D eigenvalue weighted by Crippen LogP contribution is -2.22. The van der Waals surface area contributed by atoms with Crippen LogP contribution in [0.5, 0.6) is 17.2 Å². The lowest BCUT2D eigenvalue weighted by Gasteiger charge is -2.15. The van der Waals surface area contributed by atoms with E-state index in [0.717, 1.165) is 10.9 Å².